The maximum Gasteiger partial charge on any atom is 0.144 e. The molecule has 0 radical (unpaired) electrons. The van der Waals surface area contributed by atoms with Gasteiger partial charge in [0.05, 0.1) is 24.3 Å². The maximum atomic E-state index is 12.0. The molecule has 84 valence electrons. The van der Waals surface area contributed by atoms with Crippen LogP contribution in [-0.2, 0) is 9.53 Å². The number of hydrogen-bond donors (Lipinski definition) is 1. The van der Waals surface area contributed by atoms with Crippen LogP contribution in [0, 0.1) is 11.3 Å². The molecule has 0 amide bonds. The summed E-state index contributed by atoms with van der Waals surface area (Å²) in [5, 5.41) is 4.21. The quantitative estimate of drug-likeness (QED) is 0.738. The van der Waals surface area contributed by atoms with E-state index in [0.29, 0.717) is 18.8 Å². The van der Waals surface area contributed by atoms with E-state index in [0.717, 1.165) is 12.1 Å². The highest BCUT2D eigenvalue weighted by atomic mass is 16.5. The molecule has 0 saturated heterocycles. The summed E-state index contributed by atoms with van der Waals surface area (Å²) in [4.78, 5) is 12.0. The van der Waals surface area contributed by atoms with Gasteiger partial charge in [0.1, 0.15) is 5.78 Å². The first-order valence-electron chi connectivity index (χ1n) is 5.37. The second-order valence-corrected chi connectivity index (χ2v) is 5.26. The molecule has 4 nitrogen and oxygen atoms in total. The van der Waals surface area contributed by atoms with Crippen molar-refractivity contribution in [3.63, 3.8) is 0 Å². The van der Waals surface area contributed by atoms with Crippen molar-refractivity contribution >= 4 is 11.5 Å². The van der Waals surface area contributed by atoms with E-state index in [-0.39, 0.29) is 17.4 Å². The van der Waals surface area contributed by atoms with Gasteiger partial charge in [-0.3, -0.25) is 4.79 Å². The van der Waals surface area contributed by atoms with E-state index < -0.39 is 0 Å². The Balaban J connectivity index is 2.14. The lowest BCUT2D eigenvalue weighted by Crippen LogP contribution is -2.45. The zero-order valence-electron chi connectivity index (χ0n) is 9.54. The van der Waals surface area contributed by atoms with Crippen LogP contribution in [0.4, 0.5) is 0 Å². The lowest BCUT2D eigenvalue weighted by Gasteiger charge is -2.36. The monoisotopic (exact) mass is 210 g/mol. The number of ether oxygens (including phenoxy) is 1. The number of fused-ring (bicyclic) bond motifs is 1. The molecule has 0 bridgehead atoms. The summed E-state index contributed by atoms with van der Waals surface area (Å²) in [6.45, 7) is 4.73. The summed E-state index contributed by atoms with van der Waals surface area (Å²) in [7, 11) is 1.63. The van der Waals surface area contributed by atoms with Crippen molar-refractivity contribution in [3.05, 3.63) is 0 Å². The second kappa shape index (κ2) is 3.59. The first-order chi connectivity index (χ1) is 7.03. The predicted molar refractivity (Wildman–Crippen MR) is 57.7 cm³/mol. The van der Waals surface area contributed by atoms with Gasteiger partial charge in [0.2, 0.25) is 0 Å². The SMILES string of the molecule is COCC1=NNC2CC(C)(C)CC(=O)C12. The van der Waals surface area contributed by atoms with E-state index >= 15 is 0 Å². The van der Waals surface area contributed by atoms with E-state index in [4.69, 9.17) is 4.74 Å². The Bertz CT molecular complexity index is 310. The van der Waals surface area contributed by atoms with Gasteiger partial charge in [-0.05, 0) is 11.8 Å². The van der Waals surface area contributed by atoms with Gasteiger partial charge < -0.3 is 10.2 Å². The first-order valence-corrected chi connectivity index (χ1v) is 5.37. The number of Topliss-reactive ketones (excluding diaryl/α,β-unsaturated/α-hetero) is 1. The number of rotatable bonds is 2. The number of hydrazone groups is 1. The zero-order valence-corrected chi connectivity index (χ0v) is 9.54. The van der Waals surface area contributed by atoms with Crippen LogP contribution in [0.5, 0.6) is 0 Å². The second-order valence-electron chi connectivity index (χ2n) is 5.26. The Morgan fingerprint density at radius 1 is 1.60 bits per heavy atom. The lowest BCUT2D eigenvalue weighted by atomic mass is 9.69. The predicted octanol–water partition coefficient (Wildman–Crippen LogP) is 0.966. The van der Waals surface area contributed by atoms with Gasteiger partial charge >= 0.3 is 0 Å². The lowest BCUT2D eigenvalue weighted by molar-refractivity contribution is -0.126. The highest BCUT2D eigenvalue weighted by Gasteiger charge is 2.45. The molecule has 1 aliphatic carbocycles. The van der Waals surface area contributed by atoms with Crippen LogP contribution in [0.25, 0.3) is 0 Å². The summed E-state index contributed by atoms with van der Waals surface area (Å²) < 4.78 is 5.05. The van der Waals surface area contributed by atoms with Crippen molar-refractivity contribution in [2.75, 3.05) is 13.7 Å². The van der Waals surface area contributed by atoms with E-state index in [9.17, 15) is 4.79 Å². The summed E-state index contributed by atoms with van der Waals surface area (Å²) in [5.41, 5.74) is 4.03. The Labute approximate surface area is 90.1 Å². The van der Waals surface area contributed by atoms with E-state index in [1.807, 2.05) is 0 Å². The Morgan fingerprint density at radius 3 is 3.00 bits per heavy atom. The summed E-state index contributed by atoms with van der Waals surface area (Å²) in [6.07, 6.45) is 1.65. The number of carbonyl (C=O) groups excluding carboxylic acids is 1. The van der Waals surface area contributed by atoms with E-state index in [1.165, 1.54) is 0 Å². The van der Waals surface area contributed by atoms with Gasteiger partial charge in [-0.2, -0.15) is 5.10 Å². The molecular formula is C11H18N2O2. The molecule has 1 aliphatic heterocycles. The van der Waals surface area contributed by atoms with Crippen molar-refractivity contribution in [2.45, 2.75) is 32.7 Å². The fourth-order valence-corrected chi connectivity index (χ4v) is 2.63. The van der Waals surface area contributed by atoms with Crippen LogP contribution in [0.3, 0.4) is 0 Å². The third kappa shape index (κ3) is 1.91. The number of carbonyl (C=O) groups is 1. The molecule has 2 atom stereocenters. The standard InChI is InChI=1S/C11H18N2O2/c1-11(2)4-7-10(9(14)5-11)8(6-15-3)13-12-7/h7,10,12H,4-6H2,1-3H3. The topological polar surface area (TPSA) is 50.7 Å². The number of nitrogens with one attached hydrogen (secondary N) is 1. The van der Waals surface area contributed by atoms with Crippen LogP contribution in [-0.4, -0.2) is 31.3 Å². The molecular weight excluding hydrogens is 192 g/mol. The maximum absolute atomic E-state index is 12.0. The van der Waals surface area contributed by atoms with Crippen molar-refractivity contribution in [1.29, 1.82) is 0 Å². The first kappa shape index (κ1) is 10.6. The van der Waals surface area contributed by atoms with Crippen molar-refractivity contribution in [1.82, 2.24) is 5.43 Å². The number of hydrogen-bond acceptors (Lipinski definition) is 4. The highest BCUT2D eigenvalue weighted by Crippen LogP contribution is 2.38. The molecule has 2 aliphatic rings. The van der Waals surface area contributed by atoms with Crippen LogP contribution < -0.4 is 5.43 Å². The fourth-order valence-electron chi connectivity index (χ4n) is 2.63. The average molecular weight is 210 g/mol. The summed E-state index contributed by atoms with van der Waals surface area (Å²) in [6, 6.07) is 0.186. The number of nitrogens with zero attached hydrogens (tertiary/aromatic N) is 1. The molecule has 1 heterocycles. The molecule has 2 unspecified atom stereocenters. The van der Waals surface area contributed by atoms with E-state index in [2.05, 4.69) is 24.4 Å². The van der Waals surface area contributed by atoms with Crippen molar-refractivity contribution < 1.29 is 9.53 Å². The third-order valence-electron chi connectivity index (χ3n) is 3.20. The minimum Gasteiger partial charge on any atom is -0.379 e. The third-order valence-corrected chi connectivity index (χ3v) is 3.20. The molecule has 0 aromatic carbocycles. The van der Waals surface area contributed by atoms with Crippen LogP contribution >= 0.6 is 0 Å². The van der Waals surface area contributed by atoms with Gasteiger partial charge in [0.15, 0.2) is 0 Å². The molecule has 4 heteroatoms. The van der Waals surface area contributed by atoms with Crippen LogP contribution in [0.2, 0.25) is 0 Å². The zero-order chi connectivity index (χ0) is 11.1. The van der Waals surface area contributed by atoms with Crippen molar-refractivity contribution in [3.8, 4) is 0 Å². The normalized spacial score (nSPS) is 33.3. The van der Waals surface area contributed by atoms with Gasteiger partial charge in [-0.25, -0.2) is 0 Å². The molecule has 0 spiro atoms. The van der Waals surface area contributed by atoms with Gasteiger partial charge in [0.25, 0.3) is 0 Å². The molecule has 1 N–H and O–H groups in total. The molecule has 2 rings (SSSR count). The molecule has 15 heavy (non-hydrogen) atoms. The van der Waals surface area contributed by atoms with Crippen LogP contribution in [0.15, 0.2) is 5.10 Å². The molecule has 0 aromatic rings. The molecule has 1 fully saturated rings. The van der Waals surface area contributed by atoms with E-state index in [1.54, 1.807) is 7.11 Å². The Hall–Kier alpha value is -0.900. The van der Waals surface area contributed by atoms with Gasteiger partial charge in [0, 0.05) is 13.5 Å². The Kier molecular flexibility index (Phi) is 2.54. The number of ketones is 1. The fraction of sp³-hybridized carbons (Fsp3) is 0.818. The minimum absolute atomic E-state index is 0.0435. The number of methoxy groups -OCH3 is 1. The largest absolute Gasteiger partial charge is 0.379 e. The highest BCUT2D eigenvalue weighted by molar-refractivity contribution is 6.08. The van der Waals surface area contributed by atoms with Gasteiger partial charge in [-0.1, -0.05) is 13.8 Å². The average Bonchev–Trinajstić information content (AvgIpc) is 2.46. The van der Waals surface area contributed by atoms with Crippen LogP contribution in [0.1, 0.15) is 26.7 Å². The van der Waals surface area contributed by atoms with Crippen molar-refractivity contribution in [2.24, 2.45) is 16.4 Å². The minimum atomic E-state index is -0.0435. The summed E-state index contributed by atoms with van der Waals surface area (Å²) >= 11 is 0. The Morgan fingerprint density at radius 2 is 2.33 bits per heavy atom. The smallest absolute Gasteiger partial charge is 0.144 e. The molecule has 1 saturated carbocycles. The van der Waals surface area contributed by atoms with Gasteiger partial charge in [-0.15, -0.1) is 0 Å². The summed E-state index contributed by atoms with van der Waals surface area (Å²) in [5.74, 6) is 0.259. The molecule has 0 aromatic heterocycles.